The van der Waals surface area contributed by atoms with Crippen LogP contribution in [0.5, 0.6) is 0 Å². The van der Waals surface area contributed by atoms with Crippen LogP contribution in [-0.2, 0) is 12.8 Å². The number of carbonyl (C=O) groups excluding carboxylic acids is 1. The highest BCUT2D eigenvalue weighted by Gasteiger charge is 2.31. The number of nitrogens with zero attached hydrogens (tertiary/aromatic N) is 1. The van der Waals surface area contributed by atoms with E-state index in [9.17, 15) is 4.79 Å². The van der Waals surface area contributed by atoms with Gasteiger partial charge in [0.05, 0.1) is 11.3 Å². The van der Waals surface area contributed by atoms with E-state index in [-0.39, 0.29) is 5.91 Å². The normalized spacial score (nSPS) is 17.7. The first kappa shape index (κ1) is 16.5. The number of rotatable bonds is 2. The van der Waals surface area contributed by atoms with Crippen LogP contribution in [0.2, 0.25) is 5.15 Å². The van der Waals surface area contributed by atoms with E-state index in [1.165, 1.54) is 10.4 Å². The van der Waals surface area contributed by atoms with Crippen molar-refractivity contribution in [1.82, 2.24) is 4.98 Å². The van der Waals surface area contributed by atoms with Crippen LogP contribution in [0.3, 0.4) is 0 Å². The van der Waals surface area contributed by atoms with Gasteiger partial charge in [-0.3, -0.25) is 4.79 Å². The Labute approximate surface area is 146 Å². The molecule has 1 unspecified atom stereocenters. The number of carbonyl (C=O) groups is 1. The van der Waals surface area contributed by atoms with Gasteiger partial charge in [-0.05, 0) is 48.3 Å². The first-order valence-electron chi connectivity index (χ1n) is 7.87. The van der Waals surface area contributed by atoms with Crippen LogP contribution in [0.1, 0.15) is 48.0 Å². The first-order valence-corrected chi connectivity index (χ1v) is 9.13. The molecule has 1 aliphatic carbocycles. The quantitative estimate of drug-likeness (QED) is 0.758. The maximum absolute atomic E-state index is 12.6. The van der Waals surface area contributed by atoms with Crippen molar-refractivity contribution in [2.24, 2.45) is 11.3 Å². The summed E-state index contributed by atoms with van der Waals surface area (Å²) in [7, 11) is 0. The molecular formula is C18H21ClN2OS. The SMILES string of the molecule is CC(C)(C)C1CCc2c(C(=O)Nc3cccnc3Cl)csc2C1. The van der Waals surface area contributed by atoms with E-state index in [1.807, 2.05) is 5.38 Å². The maximum atomic E-state index is 12.6. The molecule has 2 heterocycles. The summed E-state index contributed by atoms with van der Waals surface area (Å²) in [4.78, 5) is 17.9. The van der Waals surface area contributed by atoms with Crippen LogP contribution >= 0.6 is 22.9 Å². The number of halogens is 1. The first-order chi connectivity index (χ1) is 10.9. The molecule has 2 aromatic heterocycles. The third kappa shape index (κ3) is 3.43. The number of fused-ring (bicyclic) bond motifs is 1. The summed E-state index contributed by atoms with van der Waals surface area (Å²) in [6.07, 6.45) is 4.80. The van der Waals surface area contributed by atoms with Gasteiger partial charge in [0.25, 0.3) is 5.91 Å². The maximum Gasteiger partial charge on any atom is 0.256 e. The average Bonchev–Trinajstić information content (AvgIpc) is 2.92. The Balaban J connectivity index is 1.80. The number of pyridine rings is 1. The number of nitrogens with one attached hydrogen (secondary N) is 1. The predicted octanol–water partition coefficient (Wildman–Crippen LogP) is 5.20. The van der Waals surface area contributed by atoms with Gasteiger partial charge in [0.2, 0.25) is 0 Å². The molecule has 1 atom stereocenters. The van der Waals surface area contributed by atoms with Gasteiger partial charge >= 0.3 is 0 Å². The Morgan fingerprint density at radius 2 is 2.22 bits per heavy atom. The molecule has 1 aliphatic rings. The average molecular weight is 349 g/mol. The third-order valence-corrected chi connectivity index (χ3v) is 5.98. The summed E-state index contributed by atoms with van der Waals surface area (Å²) in [6, 6.07) is 3.53. The highest BCUT2D eigenvalue weighted by molar-refractivity contribution is 7.10. The van der Waals surface area contributed by atoms with Crippen molar-refractivity contribution in [1.29, 1.82) is 0 Å². The van der Waals surface area contributed by atoms with Crippen molar-refractivity contribution < 1.29 is 4.79 Å². The number of thiophene rings is 1. The van der Waals surface area contributed by atoms with Gasteiger partial charge in [-0.25, -0.2) is 4.98 Å². The molecule has 1 amide bonds. The molecule has 0 saturated heterocycles. The van der Waals surface area contributed by atoms with Gasteiger partial charge in [0.15, 0.2) is 5.15 Å². The summed E-state index contributed by atoms with van der Waals surface area (Å²) in [5.41, 5.74) is 2.88. The fraction of sp³-hybridized carbons (Fsp3) is 0.444. The van der Waals surface area contributed by atoms with Crippen LogP contribution in [0.25, 0.3) is 0 Å². The number of hydrogen-bond acceptors (Lipinski definition) is 3. The van der Waals surface area contributed by atoms with Crippen molar-refractivity contribution in [3.05, 3.63) is 44.9 Å². The topological polar surface area (TPSA) is 42.0 Å². The molecule has 0 radical (unpaired) electrons. The van der Waals surface area contributed by atoms with E-state index in [2.05, 4.69) is 31.1 Å². The molecule has 1 N–H and O–H groups in total. The van der Waals surface area contributed by atoms with Crippen LogP contribution in [-0.4, -0.2) is 10.9 Å². The molecule has 0 spiro atoms. The van der Waals surface area contributed by atoms with Crippen molar-refractivity contribution in [2.75, 3.05) is 5.32 Å². The largest absolute Gasteiger partial charge is 0.319 e. The molecule has 0 fully saturated rings. The summed E-state index contributed by atoms with van der Waals surface area (Å²) in [5.74, 6) is 0.587. The van der Waals surface area contributed by atoms with Crippen molar-refractivity contribution in [3.8, 4) is 0 Å². The van der Waals surface area contributed by atoms with Crippen LogP contribution < -0.4 is 5.32 Å². The molecule has 2 aromatic rings. The molecule has 3 nitrogen and oxygen atoms in total. The lowest BCUT2D eigenvalue weighted by molar-refractivity contribution is 0.102. The number of amides is 1. The molecule has 0 aliphatic heterocycles. The molecule has 3 rings (SSSR count). The predicted molar refractivity (Wildman–Crippen MR) is 96.5 cm³/mol. The second kappa shape index (κ2) is 6.25. The fourth-order valence-electron chi connectivity index (χ4n) is 3.11. The fourth-order valence-corrected chi connectivity index (χ4v) is 4.44. The van der Waals surface area contributed by atoms with Gasteiger partial charge in [-0.15, -0.1) is 11.3 Å². The smallest absolute Gasteiger partial charge is 0.256 e. The van der Waals surface area contributed by atoms with Crippen molar-refractivity contribution >= 4 is 34.5 Å². The van der Waals surface area contributed by atoms with Crippen molar-refractivity contribution in [2.45, 2.75) is 40.0 Å². The molecule has 0 aromatic carbocycles. The molecule has 0 saturated carbocycles. The van der Waals surface area contributed by atoms with Crippen LogP contribution in [0.4, 0.5) is 5.69 Å². The van der Waals surface area contributed by atoms with Crippen LogP contribution in [0.15, 0.2) is 23.7 Å². The Bertz CT molecular complexity index is 733. The molecular weight excluding hydrogens is 328 g/mol. The lowest BCUT2D eigenvalue weighted by Crippen LogP contribution is -2.27. The Hall–Kier alpha value is -1.39. The molecule has 5 heteroatoms. The van der Waals surface area contributed by atoms with E-state index >= 15 is 0 Å². The van der Waals surface area contributed by atoms with Crippen LogP contribution in [0, 0.1) is 11.3 Å². The summed E-state index contributed by atoms with van der Waals surface area (Å²) in [5, 5.41) is 5.18. The van der Waals surface area contributed by atoms with Gasteiger partial charge in [-0.1, -0.05) is 32.4 Å². The third-order valence-electron chi connectivity index (χ3n) is 4.63. The highest BCUT2D eigenvalue weighted by Crippen LogP contribution is 2.40. The standard InChI is InChI=1S/C18H21ClN2OS/c1-18(2,3)11-6-7-12-13(10-23-15(12)9-11)17(22)21-14-5-4-8-20-16(14)19/h4-5,8,10-11H,6-7,9H2,1-3H3,(H,21,22). The zero-order valence-corrected chi connectivity index (χ0v) is 15.2. The van der Waals surface area contributed by atoms with Gasteiger partial charge in [0.1, 0.15) is 0 Å². The summed E-state index contributed by atoms with van der Waals surface area (Å²) in [6.45, 7) is 6.90. The molecule has 23 heavy (non-hydrogen) atoms. The zero-order chi connectivity index (χ0) is 16.6. The van der Waals surface area contributed by atoms with Gasteiger partial charge in [0, 0.05) is 16.5 Å². The van der Waals surface area contributed by atoms with Crippen molar-refractivity contribution in [3.63, 3.8) is 0 Å². The minimum Gasteiger partial charge on any atom is -0.319 e. The lowest BCUT2D eigenvalue weighted by Gasteiger charge is -2.34. The second-order valence-electron chi connectivity index (χ2n) is 7.15. The monoisotopic (exact) mass is 348 g/mol. The highest BCUT2D eigenvalue weighted by atomic mass is 35.5. The number of hydrogen-bond donors (Lipinski definition) is 1. The zero-order valence-electron chi connectivity index (χ0n) is 13.6. The Morgan fingerprint density at radius 3 is 2.91 bits per heavy atom. The number of anilines is 1. The minimum absolute atomic E-state index is 0.0911. The minimum atomic E-state index is -0.0911. The summed E-state index contributed by atoms with van der Waals surface area (Å²) < 4.78 is 0. The van der Waals surface area contributed by atoms with Gasteiger partial charge in [-0.2, -0.15) is 0 Å². The van der Waals surface area contributed by atoms with E-state index < -0.39 is 0 Å². The molecule has 122 valence electrons. The van der Waals surface area contributed by atoms with E-state index in [0.29, 0.717) is 22.2 Å². The summed E-state index contributed by atoms with van der Waals surface area (Å²) >= 11 is 7.72. The lowest BCUT2D eigenvalue weighted by atomic mass is 9.72. The number of aromatic nitrogens is 1. The Morgan fingerprint density at radius 1 is 1.43 bits per heavy atom. The Kier molecular flexibility index (Phi) is 4.47. The van der Waals surface area contributed by atoms with E-state index in [0.717, 1.165) is 24.8 Å². The molecule has 0 bridgehead atoms. The second-order valence-corrected chi connectivity index (χ2v) is 8.47. The van der Waals surface area contributed by atoms with E-state index in [4.69, 9.17) is 11.6 Å². The van der Waals surface area contributed by atoms with Gasteiger partial charge < -0.3 is 5.32 Å². The van der Waals surface area contributed by atoms with E-state index in [1.54, 1.807) is 29.7 Å².